The first-order chi connectivity index (χ1) is 14.3. The fourth-order valence-corrected chi connectivity index (χ4v) is 3.80. The zero-order chi connectivity index (χ0) is 21.4. The van der Waals surface area contributed by atoms with Crippen LogP contribution < -0.4 is 15.0 Å². The quantitative estimate of drug-likeness (QED) is 0.449. The number of ether oxygens (including phenoxy) is 1. The van der Waals surface area contributed by atoms with Gasteiger partial charge >= 0.3 is 17.8 Å². The summed E-state index contributed by atoms with van der Waals surface area (Å²) in [6, 6.07) is 9.17. The second-order valence-corrected chi connectivity index (χ2v) is 7.73. The second kappa shape index (κ2) is 7.95. The maximum atomic E-state index is 13.7. The van der Waals surface area contributed by atoms with Crippen molar-refractivity contribution < 1.29 is 23.5 Å². The lowest BCUT2D eigenvalue weighted by Gasteiger charge is -2.40. The van der Waals surface area contributed by atoms with Crippen LogP contribution in [0.3, 0.4) is 0 Å². The lowest BCUT2D eigenvalue weighted by Crippen LogP contribution is -2.56. The van der Waals surface area contributed by atoms with Crippen LogP contribution in [0, 0.1) is 5.82 Å². The van der Waals surface area contributed by atoms with Crippen LogP contribution in [0.25, 0.3) is 0 Å². The van der Waals surface area contributed by atoms with Gasteiger partial charge in [-0.3, -0.25) is 14.4 Å². The highest BCUT2D eigenvalue weighted by molar-refractivity contribution is 6.39. The van der Waals surface area contributed by atoms with Crippen molar-refractivity contribution in [3.8, 4) is 5.75 Å². The number of carbonyl (C=O) groups is 3. The lowest BCUT2D eigenvalue weighted by atomic mass is 10.1. The minimum absolute atomic E-state index is 0.0543. The number of nitrogens with one attached hydrogen (secondary N) is 1. The van der Waals surface area contributed by atoms with E-state index in [1.165, 1.54) is 23.1 Å². The fourth-order valence-electron chi connectivity index (χ4n) is 3.68. The topological polar surface area (TPSA) is 79.0 Å². The van der Waals surface area contributed by atoms with E-state index in [2.05, 4.69) is 5.32 Å². The zero-order valence-electron chi connectivity index (χ0n) is 16.2. The van der Waals surface area contributed by atoms with Gasteiger partial charge in [0.1, 0.15) is 11.6 Å². The molecular weight excluding hydrogens is 413 g/mol. The molecule has 2 aliphatic heterocycles. The Labute approximate surface area is 177 Å². The summed E-state index contributed by atoms with van der Waals surface area (Å²) in [4.78, 5) is 39.9. The van der Waals surface area contributed by atoms with Gasteiger partial charge in [0.05, 0.1) is 11.4 Å². The van der Waals surface area contributed by atoms with E-state index in [9.17, 15) is 18.8 Å². The summed E-state index contributed by atoms with van der Waals surface area (Å²) in [7, 11) is 0. The van der Waals surface area contributed by atoms with Gasteiger partial charge in [0.15, 0.2) is 0 Å². The molecule has 0 aromatic heterocycles. The number of anilines is 2. The molecule has 156 valence electrons. The summed E-state index contributed by atoms with van der Waals surface area (Å²) in [5, 5.41) is 2.62. The molecule has 30 heavy (non-hydrogen) atoms. The van der Waals surface area contributed by atoms with Crippen molar-refractivity contribution in [2.75, 3.05) is 29.9 Å². The monoisotopic (exact) mass is 431 g/mol. The largest absolute Gasteiger partial charge is 0.426 e. The van der Waals surface area contributed by atoms with Crippen LogP contribution in [0.15, 0.2) is 36.4 Å². The smallest absolute Gasteiger partial charge is 0.315 e. The first-order valence-corrected chi connectivity index (χ1v) is 9.85. The molecule has 1 atom stereocenters. The summed E-state index contributed by atoms with van der Waals surface area (Å²) in [6.45, 7) is 3.06. The van der Waals surface area contributed by atoms with Gasteiger partial charge in [-0.2, -0.15) is 0 Å². The number of esters is 1. The summed E-state index contributed by atoms with van der Waals surface area (Å²) in [6.07, 6.45) is 0.196. The average Bonchev–Trinajstić information content (AvgIpc) is 3.08. The lowest BCUT2D eigenvalue weighted by molar-refractivity contribution is -0.144. The summed E-state index contributed by atoms with van der Waals surface area (Å²) in [5.41, 5.74) is 1.80. The molecule has 0 bridgehead atoms. The van der Waals surface area contributed by atoms with E-state index in [1.54, 1.807) is 18.2 Å². The van der Waals surface area contributed by atoms with Gasteiger partial charge < -0.3 is 19.9 Å². The number of halogens is 2. The average molecular weight is 432 g/mol. The summed E-state index contributed by atoms with van der Waals surface area (Å²) >= 11 is 5.74. The molecule has 1 fully saturated rings. The minimum Gasteiger partial charge on any atom is -0.426 e. The molecular formula is C21H19ClFN3O4. The van der Waals surface area contributed by atoms with Crippen molar-refractivity contribution >= 4 is 40.8 Å². The highest BCUT2D eigenvalue weighted by atomic mass is 35.5. The van der Waals surface area contributed by atoms with Gasteiger partial charge in [-0.1, -0.05) is 17.7 Å². The number of hydrogen-bond acceptors (Lipinski definition) is 5. The van der Waals surface area contributed by atoms with Crippen molar-refractivity contribution in [2.24, 2.45) is 0 Å². The first kappa shape index (κ1) is 20.2. The summed E-state index contributed by atoms with van der Waals surface area (Å²) < 4.78 is 18.8. The van der Waals surface area contributed by atoms with Crippen molar-refractivity contribution in [3.63, 3.8) is 0 Å². The third-order valence-corrected chi connectivity index (χ3v) is 5.54. The van der Waals surface area contributed by atoms with Gasteiger partial charge in [0, 0.05) is 48.7 Å². The molecule has 0 aliphatic carbocycles. The van der Waals surface area contributed by atoms with Crippen molar-refractivity contribution in [3.05, 3.63) is 52.8 Å². The van der Waals surface area contributed by atoms with Gasteiger partial charge in [-0.25, -0.2) is 4.39 Å². The Bertz CT molecular complexity index is 1040. The van der Waals surface area contributed by atoms with Crippen LogP contribution >= 0.6 is 11.6 Å². The first-order valence-electron chi connectivity index (χ1n) is 9.47. The Balaban J connectivity index is 1.39. The molecule has 1 N–H and O–H groups in total. The highest BCUT2D eigenvalue weighted by Crippen LogP contribution is 2.29. The fraction of sp³-hybridized carbons (Fsp3) is 0.286. The van der Waals surface area contributed by atoms with Crippen LogP contribution in [-0.2, 0) is 20.8 Å². The second-order valence-electron chi connectivity index (χ2n) is 7.32. The van der Waals surface area contributed by atoms with Crippen LogP contribution in [0.2, 0.25) is 5.02 Å². The van der Waals surface area contributed by atoms with Crippen molar-refractivity contribution in [2.45, 2.75) is 19.4 Å². The molecule has 2 aliphatic rings. The Morgan fingerprint density at radius 3 is 2.73 bits per heavy atom. The van der Waals surface area contributed by atoms with Gasteiger partial charge in [0.25, 0.3) is 0 Å². The number of nitrogens with zero attached hydrogens (tertiary/aromatic N) is 2. The van der Waals surface area contributed by atoms with E-state index in [0.717, 1.165) is 5.56 Å². The number of hydrogen-bond donors (Lipinski definition) is 1. The van der Waals surface area contributed by atoms with E-state index >= 15 is 0 Å². The van der Waals surface area contributed by atoms with Crippen LogP contribution in [0.1, 0.15) is 12.5 Å². The Morgan fingerprint density at radius 1 is 1.20 bits per heavy atom. The molecule has 2 aromatic carbocycles. The molecule has 7 nitrogen and oxygen atoms in total. The molecule has 2 amide bonds. The normalized spacial score (nSPS) is 18.1. The zero-order valence-corrected chi connectivity index (χ0v) is 16.9. The predicted octanol–water partition coefficient (Wildman–Crippen LogP) is 2.62. The number of amides is 2. The van der Waals surface area contributed by atoms with E-state index in [4.69, 9.17) is 16.3 Å². The number of piperazine rings is 1. The molecule has 0 saturated carbocycles. The predicted molar refractivity (Wildman–Crippen MR) is 109 cm³/mol. The molecule has 0 spiro atoms. The third-order valence-electron chi connectivity index (χ3n) is 5.23. The van der Waals surface area contributed by atoms with E-state index < -0.39 is 17.6 Å². The Kier molecular flexibility index (Phi) is 5.34. The van der Waals surface area contributed by atoms with Gasteiger partial charge in [0.2, 0.25) is 0 Å². The number of carbonyl (C=O) groups excluding carboxylic acids is 3. The summed E-state index contributed by atoms with van der Waals surface area (Å²) in [5.74, 6) is -1.88. The van der Waals surface area contributed by atoms with Gasteiger partial charge in [-0.15, -0.1) is 0 Å². The van der Waals surface area contributed by atoms with Crippen LogP contribution in [0.4, 0.5) is 15.8 Å². The van der Waals surface area contributed by atoms with E-state index in [0.29, 0.717) is 36.8 Å². The van der Waals surface area contributed by atoms with E-state index in [-0.39, 0.29) is 23.5 Å². The number of rotatable bonds is 2. The maximum absolute atomic E-state index is 13.7. The highest BCUT2D eigenvalue weighted by Gasteiger charge is 2.32. The SMILES string of the molecule is C[C@@H]1CN(c2ccc(Cl)c(F)c2)CCN1C(=O)C(=O)Nc1ccc2c(c1)OC(=O)C2. The molecule has 4 rings (SSSR count). The van der Waals surface area contributed by atoms with Crippen LogP contribution in [-0.4, -0.2) is 48.4 Å². The Morgan fingerprint density at radius 2 is 2.00 bits per heavy atom. The number of benzene rings is 2. The molecule has 0 unspecified atom stereocenters. The van der Waals surface area contributed by atoms with Crippen molar-refractivity contribution in [1.29, 1.82) is 0 Å². The molecule has 2 heterocycles. The maximum Gasteiger partial charge on any atom is 0.315 e. The molecule has 9 heteroatoms. The standard InChI is InChI=1S/C21H19ClFN3O4/c1-12-11-25(15-4-5-16(22)17(23)10-15)6-7-26(12)21(29)20(28)24-14-3-2-13-8-19(27)30-18(13)9-14/h2-5,9-10,12H,6-8,11H2,1H3,(H,24,28)/t12-/m1/s1. The molecule has 2 aromatic rings. The molecule has 1 saturated heterocycles. The third kappa shape index (κ3) is 3.95. The van der Waals surface area contributed by atoms with E-state index in [1.807, 2.05) is 11.8 Å². The molecule has 0 radical (unpaired) electrons. The van der Waals surface area contributed by atoms with Crippen LogP contribution in [0.5, 0.6) is 5.75 Å². The Hall–Kier alpha value is -3.13. The minimum atomic E-state index is -0.767. The van der Waals surface area contributed by atoms with Crippen molar-refractivity contribution in [1.82, 2.24) is 4.90 Å². The number of fused-ring (bicyclic) bond motifs is 1. The van der Waals surface area contributed by atoms with Gasteiger partial charge in [-0.05, 0) is 31.2 Å².